The number of fused-ring (bicyclic) bond motifs is 1. The summed E-state index contributed by atoms with van der Waals surface area (Å²) in [5.41, 5.74) is -0.146. The monoisotopic (exact) mass is 491 g/mol. The van der Waals surface area contributed by atoms with Crippen LogP contribution in [-0.2, 0) is 4.74 Å². The molecule has 4 aromatic rings. The summed E-state index contributed by atoms with van der Waals surface area (Å²) in [5, 5.41) is 0.651. The number of hydrogen-bond acceptors (Lipinski definition) is 5. The van der Waals surface area contributed by atoms with Crippen molar-refractivity contribution in [3.05, 3.63) is 90.1 Å². The average molecular weight is 492 g/mol. The van der Waals surface area contributed by atoms with E-state index in [1.807, 2.05) is 30.3 Å². The van der Waals surface area contributed by atoms with Crippen LogP contribution in [0.25, 0.3) is 10.9 Å². The average Bonchev–Trinajstić information content (AvgIpc) is 3.17. The smallest absolute Gasteiger partial charge is 0.419 e. The highest BCUT2D eigenvalue weighted by Gasteiger charge is 2.26. The fourth-order valence-electron chi connectivity index (χ4n) is 3.57. The topological polar surface area (TPSA) is 66.8 Å². The van der Waals surface area contributed by atoms with Gasteiger partial charge in [0.25, 0.3) is 0 Å². The minimum Gasteiger partial charge on any atom is -0.475 e. The van der Waals surface area contributed by atoms with Gasteiger partial charge in [-0.15, -0.1) is 0 Å². The molecule has 0 spiro atoms. The molecule has 0 amide bonds. The van der Waals surface area contributed by atoms with Gasteiger partial charge in [-0.3, -0.25) is 4.79 Å². The number of rotatable bonds is 6. The molecule has 0 saturated heterocycles. The third-order valence-electron chi connectivity index (χ3n) is 4.98. The van der Waals surface area contributed by atoms with Gasteiger partial charge in [0.2, 0.25) is 5.78 Å². The first-order valence-electron chi connectivity index (χ1n) is 11.2. The summed E-state index contributed by atoms with van der Waals surface area (Å²) in [5.74, 6) is 1.49. The van der Waals surface area contributed by atoms with E-state index in [1.165, 1.54) is 4.57 Å². The van der Waals surface area contributed by atoms with Gasteiger partial charge in [-0.25, -0.2) is 9.36 Å². The summed E-state index contributed by atoms with van der Waals surface area (Å²) in [6.45, 7) is 7.03. The van der Waals surface area contributed by atoms with E-state index < -0.39 is 17.3 Å². The molecule has 0 fully saturated rings. The first-order chi connectivity index (χ1) is 16.6. The lowest BCUT2D eigenvalue weighted by Gasteiger charge is -2.21. The number of benzene rings is 3. The Morgan fingerprint density at radius 3 is 2.11 bits per heavy atom. The highest BCUT2D eigenvalue weighted by Crippen LogP contribution is 2.29. The number of ether oxygens (including phenoxy) is 3. The predicted molar refractivity (Wildman–Crippen MR) is 136 cm³/mol. The molecule has 0 aliphatic carbocycles. The molecule has 0 radical (unpaired) electrons. The number of aromatic nitrogens is 1. The van der Waals surface area contributed by atoms with Gasteiger partial charge < -0.3 is 14.2 Å². The fraction of sp³-hybridized carbons (Fsp3) is 0.214. The summed E-state index contributed by atoms with van der Waals surface area (Å²) < 4.78 is 18.3. The molecule has 0 saturated carbocycles. The Bertz CT molecular complexity index is 1350. The second-order valence-electron chi connectivity index (χ2n) is 9.00. The van der Waals surface area contributed by atoms with E-state index in [1.54, 1.807) is 76.2 Å². The highest BCUT2D eigenvalue weighted by atomic mass is 35.5. The maximum Gasteiger partial charge on any atom is 0.419 e. The maximum absolute atomic E-state index is 13.5. The number of para-hydroxylation sites is 1. The third kappa shape index (κ3) is 5.84. The van der Waals surface area contributed by atoms with E-state index in [4.69, 9.17) is 25.8 Å². The lowest BCUT2D eigenvalue weighted by atomic mass is 10.1. The molecule has 0 aliphatic heterocycles. The minimum absolute atomic E-state index is 0.182. The van der Waals surface area contributed by atoms with Crippen molar-refractivity contribution < 1.29 is 23.8 Å². The molecular formula is C28H26ClNO5. The summed E-state index contributed by atoms with van der Waals surface area (Å²) >= 11 is 5.95. The Morgan fingerprint density at radius 2 is 1.49 bits per heavy atom. The van der Waals surface area contributed by atoms with Crippen molar-refractivity contribution in [3.8, 4) is 17.2 Å². The van der Waals surface area contributed by atoms with E-state index in [9.17, 15) is 9.59 Å². The number of carbonyl (C=O) groups excluding carboxylic acids is 2. The van der Waals surface area contributed by atoms with Crippen molar-refractivity contribution >= 4 is 34.4 Å². The van der Waals surface area contributed by atoms with Crippen molar-refractivity contribution in [3.63, 3.8) is 0 Å². The Kier molecular flexibility index (Phi) is 6.85. The molecule has 1 aromatic heterocycles. The molecule has 180 valence electrons. The van der Waals surface area contributed by atoms with Gasteiger partial charge in [-0.1, -0.05) is 29.8 Å². The molecule has 3 aromatic carbocycles. The van der Waals surface area contributed by atoms with Crippen LogP contribution in [0.1, 0.15) is 43.7 Å². The second kappa shape index (κ2) is 9.84. The summed E-state index contributed by atoms with van der Waals surface area (Å²) in [6, 6.07) is 22.9. The van der Waals surface area contributed by atoms with Gasteiger partial charge in [0.15, 0.2) is 5.56 Å². The largest absolute Gasteiger partial charge is 0.475 e. The van der Waals surface area contributed by atoms with Crippen molar-refractivity contribution in [2.24, 2.45) is 0 Å². The minimum atomic E-state index is -0.735. The van der Waals surface area contributed by atoms with Gasteiger partial charge in [0.05, 0.1) is 5.52 Å². The molecule has 7 heteroatoms. The van der Waals surface area contributed by atoms with E-state index in [2.05, 4.69) is 0 Å². The molecule has 1 atom stereocenters. The Morgan fingerprint density at radius 1 is 0.857 bits per heavy atom. The third-order valence-corrected chi connectivity index (χ3v) is 5.06. The van der Waals surface area contributed by atoms with Gasteiger partial charge in [-0.2, -0.15) is 0 Å². The van der Waals surface area contributed by atoms with Crippen LogP contribution < -0.4 is 9.47 Å². The molecule has 1 heterocycles. The quantitative estimate of drug-likeness (QED) is 0.207. The molecule has 0 N–H and O–H groups in total. The molecular weight excluding hydrogens is 466 g/mol. The van der Waals surface area contributed by atoms with Crippen LogP contribution in [0.3, 0.4) is 0 Å². The van der Waals surface area contributed by atoms with Crippen LogP contribution in [0, 0.1) is 0 Å². The van der Waals surface area contributed by atoms with Gasteiger partial charge >= 0.3 is 6.09 Å². The zero-order chi connectivity index (χ0) is 25.2. The van der Waals surface area contributed by atoms with Gasteiger partial charge in [0, 0.05) is 10.9 Å². The van der Waals surface area contributed by atoms with Crippen molar-refractivity contribution in [2.75, 3.05) is 0 Å². The summed E-state index contributed by atoms with van der Waals surface area (Å²) in [7, 11) is 0. The van der Waals surface area contributed by atoms with E-state index in [-0.39, 0.29) is 11.5 Å². The van der Waals surface area contributed by atoms with Gasteiger partial charge in [-0.05, 0) is 88.4 Å². The van der Waals surface area contributed by atoms with E-state index in [0.29, 0.717) is 33.7 Å². The number of carbonyl (C=O) groups is 2. The molecule has 1 unspecified atom stereocenters. The van der Waals surface area contributed by atoms with Crippen LogP contribution >= 0.6 is 11.6 Å². The number of alkyl halides is 1. The van der Waals surface area contributed by atoms with Gasteiger partial charge in [0.1, 0.15) is 28.5 Å². The number of ketones is 1. The standard InChI is InChI=1S/C28H26ClNO5/c1-18(29)33-23-14-15-24-20(16-23)17-25(30(24)27(32)35-28(2,3)4)26(31)19-10-12-22(13-11-19)34-21-8-6-5-7-9-21/h5-18H,1-4H3. The van der Waals surface area contributed by atoms with Crippen molar-refractivity contribution in [1.29, 1.82) is 0 Å². The molecule has 0 bridgehead atoms. The predicted octanol–water partition coefficient (Wildman–Crippen LogP) is 7.41. The summed E-state index contributed by atoms with van der Waals surface area (Å²) in [4.78, 5) is 26.6. The Balaban J connectivity index is 1.71. The lowest BCUT2D eigenvalue weighted by Crippen LogP contribution is -2.28. The molecule has 35 heavy (non-hydrogen) atoms. The normalized spacial score (nSPS) is 12.3. The van der Waals surface area contributed by atoms with Crippen LogP contribution in [0.5, 0.6) is 17.2 Å². The van der Waals surface area contributed by atoms with E-state index in [0.717, 1.165) is 0 Å². The van der Waals surface area contributed by atoms with E-state index >= 15 is 0 Å². The molecule has 6 nitrogen and oxygen atoms in total. The van der Waals surface area contributed by atoms with Crippen molar-refractivity contribution in [1.82, 2.24) is 4.57 Å². The van der Waals surface area contributed by atoms with Crippen LogP contribution in [0.4, 0.5) is 4.79 Å². The first-order valence-corrected chi connectivity index (χ1v) is 11.6. The second-order valence-corrected chi connectivity index (χ2v) is 9.61. The van der Waals surface area contributed by atoms with Crippen LogP contribution in [0.2, 0.25) is 0 Å². The zero-order valence-electron chi connectivity index (χ0n) is 19.9. The zero-order valence-corrected chi connectivity index (χ0v) is 20.7. The number of halogens is 1. The van der Waals surface area contributed by atoms with Crippen LogP contribution in [0.15, 0.2) is 78.9 Å². The number of hydrogen-bond donors (Lipinski definition) is 0. The first kappa shape index (κ1) is 24.4. The highest BCUT2D eigenvalue weighted by molar-refractivity contribution is 6.19. The van der Waals surface area contributed by atoms with Crippen LogP contribution in [-0.4, -0.2) is 27.6 Å². The Hall–Kier alpha value is -3.77. The molecule has 0 aliphatic rings. The summed E-state index contributed by atoms with van der Waals surface area (Å²) in [6.07, 6.45) is -0.640. The fourth-order valence-corrected chi connectivity index (χ4v) is 3.68. The SMILES string of the molecule is CC(Cl)Oc1ccc2c(c1)cc(C(=O)c1ccc(Oc3ccccc3)cc1)n2C(=O)OC(C)(C)C. The lowest BCUT2D eigenvalue weighted by molar-refractivity contribution is 0.0536. The van der Waals surface area contributed by atoms with Crippen molar-refractivity contribution in [2.45, 2.75) is 38.9 Å². The Labute approximate surface area is 209 Å². The molecule has 4 rings (SSSR count). The number of nitrogens with zero attached hydrogens (tertiary/aromatic N) is 1. The maximum atomic E-state index is 13.5.